The van der Waals surface area contributed by atoms with Crippen molar-refractivity contribution >= 4 is 11.9 Å². The van der Waals surface area contributed by atoms with Crippen LogP contribution in [0, 0.1) is 0 Å². The Kier molecular flexibility index (Phi) is 7.30. The molecule has 0 aliphatic carbocycles. The molecule has 0 fully saturated rings. The molecule has 160 valence electrons. The molecule has 1 heterocycles. The van der Waals surface area contributed by atoms with Crippen LogP contribution >= 0.6 is 0 Å². The van der Waals surface area contributed by atoms with Gasteiger partial charge in [-0.3, -0.25) is 15.0 Å². The van der Waals surface area contributed by atoms with Gasteiger partial charge in [0.15, 0.2) is 11.5 Å². The number of benzene rings is 2. The number of carbonyl (C=O) groups is 2. The number of urea groups is 1. The molecule has 1 aliphatic heterocycles. The van der Waals surface area contributed by atoms with Crippen LogP contribution in [0.25, 0.3) is 0 Å². The van der Waals surface area contributed by atoms with Gasteiger partial charge in [0.2, 0.25) is 5.91 Å². The SMILES string of the molecule is CCCNC(=O)NC(=O)CN1CCc2cc(OC)c(OC)cc2C1c1ccccc1. The summed E-state index contributed by atoms with van der Waals surface area (Å²) in [6.07, 6.45) is 1.58. The number of rotatable bonds is 7. The lowest BCUT2D eigenvalue weighted by Gasteiger charge is -2.37. The maximum absolute atomic E-state index is 12.5. The van der Waals surface area contributed by atoms with Crippen LogP contribution in [0.3, 0.4) is 0 Å². The van der Waals surface area contributed by atoms with E-state index in [0.29, 0.717) is 24.6 Å². The molecule has 30 heavy (non-hydrogen) atoms. The predicted molar refractivity (Wildman–Crippen MR) is 115 cm³/mol. The van der Waals surface area contributed by atoms with Crippen molar-refractivity contribution in [3.63, 3.8) is 0 Å². The molecule has 3 amide bonds. The van der Waals surface area contributed by atoms with E-state index in [1.165, 1.54) is 5.56 Å². The van der Waals surface area contributed by atoms with Crippen molar-refractivity contribution in [2.75, 3.05) is 33.9 Å². The normalized spacial score (nSPS) is 15.8. The quantitative estimate of drug-likeness (QED) is 0.732. The minimum atomic E-state index is -0.457. The van der Waals surface area contributed by atoms with Crippen LogP contribution in [-0.4, -0.2) is 50.7 Å². The minimum absolute atomic E-state index is 0.118. The van der Waals surface area contributed by atoms with E-state index in [4.69, 9.17) is 9.47 Å². The van der Waals surface area contributed by atoms with Crippen LogP contribution in [0.1, 0.15) is 36.1 Å². The Labute approximate surface area is 177 Å². The highest BCUT2D eigenvalue weighted by Crippen LogP contribution is 2.40. The van der Waals surface area contributed by atoms with E-state index in [9.17, 15) is 9.59 Å². The van der Waals surface area contributed by atoms with Crippen LogP contribution in [0.5, 0.6) is 11.5 Å². The molecule has 1 unspecified atom stereocenters. The molecule has 0 spiro atoms. The molecular weight excluding hydrogens is 382 g/mol. The third-order valence-corrected chi connectivity index (χ3v) is 5.22. The van der Waals surface area contributed by atoms with Gasteiger partial charge in [0.05, 0.1) is 26.8 Å². The first kappa shape index (κ1) is 21.6. The summed E-state index contributed by atoms with van der Waals surface area (Å²) < 4.78 is 11.0. The zero-order valence-electron chi connectivity index (χ0n) is 17.7. The largest absolute Gasteiger partial charge is 0.493 e. The Morgan fingerprint density at radius 2 is 1.80 bits per heavy atom. The van der Waals surface area contributed by atoms with Crippen LogP contribution < -0.4 is 20.1 Å². The fourth-order valence-electron chi connectivity index (χ4n) is 3.83. The highest BCUT2D eigenvalue weighted by Gasteiger charge is 2.31. The maximum atomic E-state index is 12.5. The molecule has 0 aromatic heterocycles. The van der Waals surface area contributed by atoms with Gasteiger partial charge in [-0.05, 0) is 41.7 Å². The van der Waals surface area contributed by atoms with E-state index in [1.807, 2.05) is 37.3 Å². The molecule has 0 bridgehead atoms. The summed E-state index contributed by atoms with van der Waals surface area (Å²) in [6.45, 7) is 3.30. The van der Waals surface area contributed by atoms with Gasteiger partial charge in [-0.2, -0.15) is 0 Å². The van der Waals surface area contributed by atoms with Gasteiger partial charge in [-0.1, -0.05) is 37.3 Å². The molecular formula is C23H29N3O4. The summed E-state index contributed by atoms with van der Waals surface area (Å²) in [5, 5.41) is 5.09. The first-order valence-corrected chi connectivity index (χ1v) is 10.2. The monoisotopic (exact) mass is 411 g/mol. The van der Waals surface area contributed by atoms with E-state index in [1.54, 1.807) is 14.2 Å². The first-order chi connectivity index (χ1) is 14.6. The third kappa shape index (κ3) is 4.91. The van der Waals surface area contributed by atoms with Gasteiger partial charge in [-0.15, -0.1) is 0 Å². The molecule has 3 rings (SSSR count). The van der Waals surface area contributed by atoms with Crippen molar-refractivity contribution in [2.45, 2.75) is 25.8 Å². The average Bonchev–Trinajstić information content (AvgIpc) is 2.77. The molecule has 2 aromatic carbocycles. The summed E-state index contributed by atoms with van der Waals surface area (Å²) >= 11 is 0. The third-order valence-electron chi connectivity index (χ3n) is 5.22. The molecule has 1 aliphatic rings. The number of carbonyl (C=O) groups excluding carboxylic acids is 2. The van der Waals surface area contributed by atoms with Crippen LogP contribution in [0.4, 0.5) is 4.79 Å². The van der Waals surface area contributed by atoms with Gasteiger partial charge >= 0.3 is 6.03 Å². The standard InChI is InChI=1S/C23H29N3O4/c1-4-11-24-23(28)25-21(27)15-26-12-10-17-13-19(29-2)20(30-3)14-18(17)22(26)16-8-6-5-7-9-16/h5-9,13-14,22H,4,10-12,15H2,1-3H3,(H2,24,25,27,28). The van der Waals surface area contributed by atoms with Gasteiger partial charge in [0.25, 0.3) is 0 Å². The highest BCUT2D eigenvalue weighted by molar-refractivity contribution is 5.95. The Morgan fingerprint density at radius 3 is 2.47 bits per heavy atom. The predicted octanol–water partition coefficient (Wildman–Crippen LogP) is 2.89. The number of methoxy groups -OCH3 is 2. The second-order valence-corrected chi connectivity index (χ2v) is 7.24. The molecule has 0 saturated heterocycles. The molecule has 7 nitrogen and oxygen atoms in total. The fourth-order valence-corrected chi connectivity index (χ4v) is 3.83. The van der Waals surface area contributed by atoms with E-state index in [-0.39, 0.29) is 18.5 Å². The van der Waals surface area contributed by atoms with Crippen molar-refractivity contribution < 1.29 is 19.1 Å². The highest BCUT2D eigenvalue weighted by atomic mass is 16.5. The number of nitrogens with one attached hydrogen (secondary N) is 2. The average molecular weight is 412 g/mol. The molecule has 2 aromatic rings. The summed E-state index contributed by atoms with van der Waals surface area (Å²) in [4.78, 5) is 26.5. The van der Waals surface area contributed by atoms with E-state index < -0.39 is 6.03 Å². The van der Waals surface area contributed by atoms with E-state index in [0.717, 1.165) is 24.0 Å². The van der Waals surface area contributed by atoms with Crippen molar-refractivity contribution in [1.29, 1.82) is 0 Å². The number of amides is 3. The van der Waals surface area contributed by atoms with Crippen molar-refractivity contribution in [3.05, 3.63) is 59.2 Å². The van der Waals surface area contributed by atoms with Crippen LogP contribution in [-0.2, 0) is 11.2 Å². The second-order valence-electron chi connectivity index (χ2n) is 7.24. The number of nitrogens with zero attached hydrogens (tertiary/aromatic N) is 1. The Bertz CT molecular complexity index is 886. The van der Waals surface area contributed by atoms with E-state index in [2.05, 4.69) is 27.7 Å². The second kappa shape index (κ2) is 10.1. The van der Waals surface area contributed by atoms with Crippen molar-refractivity contribution in [3.8, 4) is 11.5 Å². The summed E-state index contributed by atoms with van der Waals surface area (Å²) in [5.74, 6) is 1.03. The lowest BCUT2D eigenvalue weighted by molar-refractivity contribution is -0.121. The van der Waals surface area contributed by atoms with Crippen molar-refractivity contribution in [1.82, 2.24) is 15.5 Å². The molecule has 7 heteroatoms. The van der Waals surface area contributed by atoms with Crippen LogP contribution in [0.15, 0.2) is 42.5 Å². The van der Waals surface area contributed by atoms with Gasteiger partial charge in [0, 0.05) is 13.1 Å². The fraction of sp³-hybridized carbons (Fsp3) is 0.391. The number of hydrogen-bond acceptors (Lipinski definition) is 5. The Balaban J connectivity index is 1.89. The first-order valence-electron chi connectivity index (χ1n) is 10.2. The Morgan fingerprint density at radius 1 is 1.10 bits per heavy atom. The smallest absolute Gasteiger partial charge is 0.321 e. The zero-order valence-corrected chi connectivity index (χ0v) is 17.7. The van der Waals surface area contributed by atoms with Crippen LogP contribution in [0.2, 0.25) is 0 Å². The van der Waals surface area contributed by atoms with Gasteiger partial charge < -0.3 is 14.8 Å². The molecule has 0 radical (unpaired) electrons. The molecule has 0 saturated carbocycles. The van der Waals surface area contributed by atoms with Crippen molar-refractivity contribution in [2.24, 2.45) is 0 Å². The number of ether oxygens (including phenoxy) is 2. The molecule has 2 N–H and O–H groups in total. The minimum Gasteiger partial charge on any atom is -0.493 e. The zero-order chi connectivity index (χ0) is 21.5. The maximum Gasteiger partial charge on any atom is 0.321 e. The Hall–Kier alpha value is -3.06. The number of fused-ring (bicyclic) bond motifs is 1. The lowest BCUT2D eigenvalue weighted by Crippen LogP contribution is -2.47. The summed E-state index contributed by atoms with van der Waals surface area (Å²) in [7, 11) is 3.24. The molecule has 1 atom stereocenters. The lowest BCUT2D eigenvalue weighted by atomic mass is 9.87. The topological polar surface area (TPSA) is 79.9 Å². The van der Waals surface area contributed by atoms with E-state index >= 15 is 0 Å². The number of hydrogen-bond donors (Lipinski definition) is 2. The van der Waals surface area contributed by atoms with Gasteiger partial charge in [-0.25, -0.2) is 4.79 Å². The summed E-state index contributed by atoms with van der Waals surface area (Å²) in [6, 6.07) is 13.5. The van der Waals surface area contributed by atoms with Gasteiger partial charge in [0.1, 0.15) is 0 Å². The summed E-state index contributed by atoms with van der Waals surface area (Å²) in [5.41, 5.74) is 3.32. The number of imide groups is 1.